The van der Waals surface area contributed by atoms with E-state index in [2.05, 4.69) is 10.1 Å². The SMILES string of the molecule is O=c1c2cc(F)cnc2c(-c2cc3c(c(F)c2F)OCO3)nn1-c1ccc(F)cc1. The third kappa shape index (κ3) is 2.68. The number of hydrogen-bond donors (Lipinski definition) is 0. The Labute approximate surface area is 164 Å². The molecule has 30 heavy (non-hydrogen) atoms. The van der Waals surface area contributed by atoms with Crippen LogP contribution in [0.3, 0.4) is 0 Å². The summed E-state index contributed by atoms with van der Waals surface area (Å²) in [6.07, 6.45) is 0.830. The number of ether oxygens (including phenoxy) is 2. The minimum absolute atomic E-state index is 0.0551. The highest BCUT2D eigenvalue weighted by Crippen LogP contribution is 2.41. The molecule has 0 bridgehead atoms. The van der Waals surface area contributed by atoms with Gasteiger partial charge in [-0.05, 0) is 36.4 Å². The molecule has 150 valence electrons. The lowest BCUT2D eigenvalue weighted by molar-refractivity contribution is 0.170. The minimum atomic E-state index is -1.30. The van der Waals surface area contributed by atoms with Crippen molar-refractivity contribution in [3.63, 3.8) is 0 Å². The van der Waals surface area contributed by atoms with Crippen LogP contribution in [0.25, 0.3) is 27.8 Å². The quantitative estimate of drug-likeness (QED) is 0.467. The van der Waals surface area contributed by atoms with E-state index in [4.69, 9.17) is 9.47 Å². The Balaban J connectivity index is 1.87. The van der Waals surface area contributed by atoms with Gasteiger partial charge in [0, 0.05) is 5.56 Å². The fraction of sp³-hybridized carbons (Fsp3) is 0.0500. The summed E-state index contributed by atoms with van der Waals surface area (Å²) in [5.41, 5.74) is -1.37. The topological polar surface area (TPSA) is 66.2 Å². The molecule has 0 radical (unpaired) electrons. The Bertz CT molecular complexity index is 1390. The molecule has 4 aromatic rings. The van der Waals surface area contributed by atoms with Crippen LogP contribution >= 0.6 is 0 Å². The van der Waals surface area contributed by atoms with Crippen LogP contribution in [0.4, 0.5) is 17.6 Å². The maximum absolute atomic E-state index is 14.8. The van der Waals surface area contributed by atoms with Gasteiger partial charge in [0.25, 0.3) is 5.56 Å². The highest BCUT2D eigenvalue weighted by Gasteiger charge is 2.28. The summed E-state index contributed by atoms with van der Waals surface area (Å²) in [4.78, 5) is 16.7. The molecule has 1 aliphatic rings. The van der Waals surface area contributed by atoms with Crippen molar-refractivity contribution < 1.29 is 27.0 Å². The van der Waals surface area contributed by atoms with Crippen molar-refractivity contribution in [1.29, 1.82) is 0 Å². The largest absolute Gasteiger partial charge is 0.453 e. The Morgan fingerprint density at radius 3 is 2.47 bits per heavy atom. The van der Waals surface area contributed by atoms with Gasteiger partial charge in [-0.2, -0.15) is 14.2 Å². The third-order valence-corrected chi connectivity index (χ3v) is 4.57. The zero-order chi connectivity index (χ0) is 21.0. The van der Waals surface area contributed by atoms with Gasteiger partial charge in [0.2, 0.25) is 18.4 Å². The van der Waals surface area contributed by atoms with Crippen molar-refractivity contribution in [3.8, 4) is 28.4 Å². The first-order valence-corrected chi connectivity index (χ1v) is 8.56. The van der Waals surface area contributed by atoms with Gasteiger partial charge in [-0.25, -0.2) is 13.2 Å². The fourth-order valence-corrected chi connectivity index (χ4v) is 3.19. The summed E-state index contributed by atoms with van der Waals surface area (Å²) in [6, 6.07) is 6.80. The number of benzene rings is 2. The van der Waals surface area contributed by atoms with Crippen molar-refractivity contribution in [2.24, 2.45) is 0 Å². The normalized spacial score (nSPS) is 12.5. The van der Waals surface area contributed by atoms with E-state index in [-0.39, 0.29) is 46.1 Å². The van der Waals surface area contributed by atoms with Gasteiger partial charge in [0.1, 0.15) is 22.8 Å². The van der Waals surface area contributed by atoms with Crippen molar-refractivity contribution >= 4 is 10.9 Å². The van der Waals surface area contributed by atoms with Crippen molar-refractivity contribution in [1.82, 2.24) is 14.8 Å². The average molecular weight is 415 g/mol. The van der Waals surface area contributed by atoms with Gasteiger partial charge in [-0.1, -0.05) is 0 Å². The second kappa shape index (κ2) is 6.55. The molecule has 0 saturated heterocycles. The number of hydrogen-bond acceptors (Lipinski definition) is 5. The van der Waals surface area contributed by atoms with Crippen LogP contribution in [0.2, 0.25) is 0 Å². The number of fused-ring (bicyclic) bond motifs is 2. The van der Waals surface area contributed by atoms with Crippen LogP contribution in [0, 0.1) is 23.3 Å². The molecular weight excluding hydrogens is 406 g/mol. The van der Waals surface area contributed by atoms with Crippen LogP contribution < -0.4 is 15.0 Å². The van der Waals surface area contributed by atoms with E-state index in [1.165, 1.54) is 12.1 Å². The molecule has 2 aromatic carbocycles. The Kier molecular flexibility index (Phi) is 3.95. The van der Waals surface area contributed by atoms with Gasteiger partial charge < -0.3 is 9.47 Å². The highest BCUT2D eigenvalue weighted by atomic mass is 19.2. The standard InChI is InChI=1S/C20H9F4N3O3/c21-9-1-3-11(4-2-9)27-20(28)13-5-10(22)7-25-17(13)18(26-27)12-6-14-19(30-8-29-14)16(24)15(12)23/h1-7H,8H2. The minimum Gasteiger partial charge on any atom is -0.453 e. The zero-order valence-electron chi connectivity index (χ0n) is 14.8. The Morgan fingerprint density at radius 1 is 0.933 bits per heavy atom. The van der Waals surface area contributed by atoms with Crippen LogP contribution in [0.1, 0.15) is 0 Å². The highest BCUT2D eigenvalue weighted by molar-refractivity contribution is 5.91. The molecule has 0 fully saturated rings. The summed E-state index contributed by atoms with van der Waals surface area (Å²) in [6.45, 7) is -0.290. The predicted molar refractivity (Wildman–Crippen MR) is 96.5 cm³/mol. The molecule has 0 unspecified atom stereocenters. The lowest BCUT2D eigenvalue weighted by atomic mass is 10.1. The first-order chi connectivity index (χ1) is 14.4. The zero-order valence-corrected chi connectivity index (χ0v) is 14.8. The van der Waals surface area contributed by atoms with E-state index in [0.29, 0.717) is 0 Å². The number of nitrogens with zero attached hydrogens (tertiary/aromatic N) is 3. The van der Waals surface area contributed by atoms with Gasteiger partial charge in [-0.3, -0.25) is 9.78 Å². The van der Waals surface area contributed by atoms with Crippen molar-refractivity contribution in [3.05, 3.63) is 76.2 Å². The molecule has 0 spiro atoms. The summed E-state index contributed by atoms with van der Waals surface area (Å²) in [7, 11) is 0. The molecule has 10 heteroatoms. The van der Waals surface area contributed by atoms with Crippen LogP contribution in [-0.4, -0.2) is 21.6 Å². The van der Waals surface area contributed by atoms with Gasteiger partial charge >= 0.3 is 0 Å². The van der Waals surface area contributed by atoms with E-state index in [1.54, 1.807) is 0 Å². The van der Waals surface area contributed by atoms with E-state index < -0.39 is 28.8 Å². The molecule has 0 amide bonds. The Hall–Kier alpha value is -3.95. The fourth-order valence-electron chi connectivity index (χ4n) is 3.19. The lowest BCUT2D eigenvalue weighted by Gasteiger charge is -2.12. The van der Waals surface area contributed by atoms with Gasteiger partial charge in [0.15, 0.2) is 11.6 Å². The van der Waals surface area contributed by atoms with Crippen LogP contribution in [0.5, 0.6) is 11.5 Å². The molecule has 5 rings (SSSR count). The van der Waals surface area contributed by atoms with E-state index >= 15 is 0 Å². The average Bonchev–Trinajstić information content (AvgIpc) is 3.21. The van der Waals surface area contributed by atoms with E-state index in [0.717, 1.165) is 35.1 Å². The van der Waals surface area contributed by atoms with Crippen LogP contribution in [-0.2, 0) is 0 Å². The summed E-state index contributed by atoms with van der Waals surface area (Å²) >= 11 is 0. The van der Waals surface area contributed by atoms with Gasteiger partial charge in [0.05, 0.1) is 17.3 Å². The number of aromatic nitrogens is 3. The summed E-state index contributed by atoms with van der Waals surface area (Å²) < 4.78 is 67.3. The molecule has 0 aliphatic carbocycles. The number of rotatable bonds is 2. The maximum atomic E-state index is 14.8. The molecular formula is C20H9F4N3O3. The summed E-state index contributed by atoms with van der Waals surface area (Å²) in [5.74, 6) is -4.39. The number of pyridine rings is 1. The third-order valence-electron chi connectivity index (χ3n) is 4.57. The van der Waals surface area contributed by atoms with Gasteiger partial charge in [-0.15, -0.1) is 0 Å². The molecule has 3 heterocycles. The van der Waals surface area contributed by atoms with Crippen molar-refractivity contribution in [2.75, 3.05) is 6.79 Å². The smallest absolute Gasteiger partial charge is 0.281 e. The van der Waals surface area contributed by atoms with Crippen molar-refractivity contribution in [2.45, 2.75) is 0 Å². The molecule has 0 N–H and O–H groups in total. The van der Waals surface area contributed by atoms with Crippen LogP contribution in [0.15, 0.2) is 47.4 Å². The lowest BCUT2D eigenvalue weighted by Crippen LogP contribution is -2.23. The number of halogens is 4. The molecule has 0 saturated carbocycles. The first-order valence-electron chi connectivity index (χ1n) is 8.56. The van der Waals surface area contributed by atoms with E-state index in [1.807, 2.05) is 0 Å². The first kappa shape index (κ1) is 18.1. The predicted octanol–water partition coefficient (Wildman–Crippen LogP) is 3.73. The maximum Gasteiger partial charge on any atom is 0.281 e. The Morgan fingerprint density at radius 2 is 1.70 bits per heavy atom. The molecule has 6 nitrogen and oxygen atoms in total. The van der Waals surface area contributed by atoms with E-state index in [9.17, 15) is 22.4 Å². The molecule has 2 aromatic heterocycles. The summed E-state index contributed by atoms with van der Waals surface area (Å²) in [5, 5.41) is 3.90. The second-order valence-electron chi connectivity index (χ2n) is 6.38. The molecule has 0 atom stereocenters. The molecule has 1 aliphatic heterocycles. The monoisotopic (exact) mass is 415 g/mol. The second-order valence-corrected chi connectivity index (χ2v) is 6.38.